The minimum atomic E-state index is -1.03. The Labute approximate surface area is 184 Å². The largest absolute Gasteiger partial charge is 0.519 e. The molecule has 168 valence electrons. The van der Waals surface area contributed by atoms with Crippen LogP contribution in [0.1, 0.15) is 57.5 Å². The Balaban J connectivity index is 1.92. The summed E-state index contributed by atoms with van der Waals surface area (Å²) in [6.07, 6.45) is 4.48. The minimum Gasteiger partial charge on any atom is -0.461 e. The number of esters is 1. The van der Waals surface area contributed by atoms with Gasteiger partial charge in [-0.05, 0) is 58.2 Å². The lowest BCUT2D eigenvalue weighted by molar-refractivity contribution is -0.153. The van der Waals surface area contributed by atoms with Crippen molar-refractivity contribution in [3.05, 3.63) is 22.1 Å². The van der Waals surface area contributed by atoms with Crippen LogP contribution in [0.5, 0.6) is 0 Å². The average Bonchev–Trinajstić information content (AvgIpc) is 3.00. The van der Waals surface area contributed by atoms with E-state index < -0.39 is 33.8 Å². The van der Waals surface area contributed by atoms with Gasteiger partial charge in [0.2, 0.25) is 5.91 Å². The highest BCUT2D eigenvalue weighted by molar-refractivity contribution is 8.13. The highest BCUT2D eigenvalue weighted by Gasteiger charge is 2.31. The first-order chi connectivity index (χ1) is 14.1. The Kier molecular flexibility index (Phi) is 8.90. The van der Waals surface area contributed by atoms with Crippen molar-refractivity contribution in [1.29, 1.82) is 0 Å². The fourth-order valence-corrected chi connectivity index (χ4v) is 3.49. The van der Waals surface area contributed by atoms with Gasteiger partial charge >= 0.3 is 17.1 Å². The van der Waals surface area contributed by atoms with Gasteiger partial charge in [-0.2, -0.15) is 12.6 Å². The fourth-order valence-electron chi connectivity index (χ4n) is 2.76. The van der Waals surface area contributed by atoms with Crippen molar-refractivity contribution < 1.29 is 32.7 Å². The fraction of sp³-hybridized carbons (Fsp3) is 0.684. The molecule has 0 radical (unpaired) electrons. The summed E-state index contributed by atoms with van der Waals surface area (Å²) in [4.78, 5) is 48.0. The average molecular weight is 462 g/mol. The molecule has 1 saturated carbocycles. The van der Waals surface area contributed by atoms with Crippen molar-refractivity contribution in [2.75, 3.05) is 5.75 Å². The standard InChI is InChI=1S/C19H27NO8S2/c1-11-14(28-17(23)26-11)9-25-18(24)30-10-13(20-16(22)19(2,3)29)15(21)27-12-7-5-4-6-8-12/h12-13,29H,4-10H2,1-3H3,(H,20,22)/t13-/m0/s1. The number of hydrogen-bond donors (Lipinski definition) is 2. The zero-order valence-corrected chi connectivity index (χ0v) is 18.9. The number of thioether (sulfide) groups is 1. The third-order valence-corrected chi connectivity index (χ3v) is 5.56. The Hall–Kier alpha value is -1.88. The molecule has 0 unspecified atom stereocenters. The summed E-state index contributed by atoms with van der Waals surface area (Å²) in [5.74, 6) is -1.68. The van der Waals surface area contributed by atoms with Crippen LogP contribution in [0, 0.1) is 6.92 Å². The molecule has 11 heteroatoms. The molecule has 1 atom stereocenters. The lowest BCUT2D eigenvalue weighted by Crippen LogP contribution is -2.50. The predicted molar refractivity (Wildman–Crippen MR) is 113 cm³/mol. The lowest BCUT2D eigenvalue weighted by atomic mass is 9.98. The first kappa shape index (κ1) is 24.4. The van der Waals surface area contributed by atoms with Crippen molar-refractivity contribution in [3.63, 3.8) is 0 Å². The van der Waals surface area contributed by atoms with E-state index in [2.05, 4.69) is 22.4 Å². The number of nitrogens with one attached hydrogen (secondary N) is 1. The number of aryl methyl sites for hydroxylation is 1. The molecular formula is C19H27NO8S2. The molecule has 0 spiro atoms. The molecule has 1 aromatic heterocycles. The van der Waals surface area contributed by atoms with Crippen molar-refractivity contribution in [2.45, 2.75) is 76.4 Å². The highest BCUT2D eigenvalue weighted by Crippen LogP contribution is 2.22. The van der Waals surface area contributed by atoms with Gasteiger partial charge in [0.15, 0.2) is 18.1 Å². The van der Waals surface area contributed by atoms with Gasteiger partial charge in [0.25, 0.3) is 0 Å². The van der Waals surface area contributed by atoms with E-state index in [1.54, 1.807) is 13.8 Å². The van der Waals surface area contributed by atoms with E-state index >= 15 is 0 Å². The molecule has 0 aliphatic heterocycles. The van der Waals surface area contributed by atoms with Crippen LogP contribution >= 0.6 is 24.4 Å². The summed E-state index contributed by atoms with van der Waals surface area (Å²) in [5.41, 5.74) is 0. The van der Waals surface area contributed by atoms with Crippen molar-refractivity contribution in [1.82, 2.24) is 5.32 Å². The van der Waals surface area contributed by atoms with Crippen molar-refractivity contribution >= 4 is 41.6 Å². The number of thiol groups is 1. The molecule has 0 bridgehead atoms. The van der Waals surface area contributed by atoms with Crippen LogP contribution in [-0.2, 0) is 25.7 Å². The summed E-state index contributed by atoms with van der Waals surface area (Å²) >= 11 is 4.92. The molecule has 1 heterocycles. The SMILES string of the molecule is Cc1oc(=O)oc1COC(=O)SC[C@H](NC(=O)C(C)(C)S)C(=O)OC1CCCCC1. The van der Waals surface area contributed by atoms with Gasteiger partial charge in [0.1, 0.15) is 12.1 Å². The van der Waals surface area contributed by atoms with E-state index in [-0.39, 0.29) is 30.0 Å². The number of rotatable bonds is 8. The molecule has 1 aliphatic rings. The first-order valence-electron chi connectivity index (χ1n) is 9.69. The zero-order valence-electron chi connectivity index (χ0n) is 17.2. The van der Waals surface area contributed by atoms with Crippen LogP contribution in [0.3, 0.4) is 0 Å². The van der Waals surface area contributed by atoms with Gasteiger partial charge in [-0.3, -0.25) is 4.79 Å². The normalized spacial score (nSPS) is 16.0. The maximum absolute atomic E-state index is 12.6. The summed E-state index contributed by atoms with van der Waals surface area (Å²) < 4.78 is 19.0. The van der Waals surface area contributed by atoms with Gasteiger partial charge in [-0.15, -0.1) is 0 Å². The molecule has 1 fully saturated rings. The monoisotopic (exact) mass is 461 g/mol. The van der Waals surface area contributed by atoms with Gasteiger partial charge in [-0.1, -0.05) is 6.42 Å². The van der Waals surface area contributed by atoms with Crippen molar-refractivity contribution in [2.24, 2.45) is 0 Å². The van der Waals surface area contributed by atoms with E-state index in [0.717, 1.165) is 32.1 Å². The summed E-state index contributed by atoms with van der Waals surface area (Å²) in [6, 6.07) is -1.03. The highest BCUT2D eigenvalue weighted by atomic mass is 32.2. The van der Waals surface area contributed by atoms with Crippen LogP contribution in [0.2, 0.25) is 0 Å². The van der Waals surface area contributed by atoms with E-state index in [0.29, 0.717) is 11.8 Å². The maximum Gasteiger partial charge on any atom is 0.519 e. The maximum atomic E-state index is 12.6. The smallest absolute Gasteiger partial charge is 0.461 e. The summed E-state index contributed by atoms with van der Waals surface area (Å²) in [5, 5.41) is 1.89. The summed E-state index contributed by atoms with van der Waals surface area (Å²) in [7, 11) is 0. The lowest BCUT2D eigenvalue weighted by Gasteiger charge is -2.26. The number of hydrogen-bond acceptors (Lipinski definition) is 10. The number of amides is 1. The molecule has 1 N–H and O–H groups in total. The molecule has 30 heavy (non-hydrogen) atoms. The van der Waals surface area contributed by atoms with Gasteiger partial charge in [0, 0.05) is 5.75 Å². The Morgan fingerprint density at radius 2 is 1.90 bits per heavy atom. The van der Waals surface area contributed by atoms with E-state index in [4.69, 9.17) is 13.9 Å². The topological polar surface area (TPSA) is 125 Å². The molecule has 1 aliphatic carbocycles. The molecule has 2 rings (SSSR count). The second kappa shape index (κ2) is 10.9. The third kappa shape index (κ3) is 7.75. The minimum absolute atomic E-state index is 0.0751. The second-order valence-electron chi connectivity index (χ2n) is 7.57. The quantitative estimate of drug-likeness (QED) is 0.444. The molecular weight excluding hydrogens is 434 g/mol. The first-order valence-corrected chi connectivity index (χ1v) is 11.1. The van der Waals surface area contributed by atoms with E-state index in [1.807, 2.05) is 0 Å². The zero-order chi connectivity index (χ0) is 22.3. The van der Waals surface area contributed by atoms with E-state index in [9.17, 15) is 19.2 Å². The second-order valence-corrected chi connectivity index (χ2v) is 9.64. The van der Waals surface area contributed by atoms with Crippen LogP contribution < -0.4 is 11.1 Å². The van der Waals surface area contributed by atoms with Crippen molar-refractivity contribution in [3.8, 4) is 0 Å². The molecule has 1 amide bonds. The van der Waals surface area contributed by atoms with E-state index in [1.165, 1.54) is 6.92 Å². The van der Waals surface area contributed by atoms with Crippen LogP contribution in [0.25, 0.3) is 0 Å². The predicted octanol–water partition coefficient (Wildman–Crippen LogP) is 2.98. The van der Waals surface area contributed by atoms with Crippen LogP contribution in [0.4, 0.5) is 4.79 Å². The van der Waals surface area contributed by atoms with Crippen LogP contribution in [0.15, 0.2) is 13.6 Å². The number of carbonyl (C=O) groups excluding carboxylic acids is 3. The Morgan fingerprint density at radius 3 is 2.47 bits per heavy atom. The molecule has 0 aromatic carbocycles. The molecule has 9 nitrogen and oxygen atoms in total. The third-order valence-electron chi connectivity index (χ3n) is 4.51. The van der Waals surface area contributed by atoms with Crippen LogP contribution in [-0.4, -0.2) is 39.8 Å². The Morgan fingerprint density at radius 1 is 1.23 bits per heavy atom. The van der Waals surface area contributed by atoms with Gasteiger partial charge < -0.3 is 23.6 Å². The number of carbonyl (C=O) groups is 3. The van der Waals surface area contributed by atoms with Gasteiger partial charge in [-0.25, -0.2) is 14.4 Å². The van der Waals surface area contributed by atoms with Gasteiger partial charge in [0.05, 0.1) is 4.75 Å². The molecule has 1 aromatic rings. The molecule has 0 saturated heterocycles. The summed E-state index contributed by atoms with van der Waals surface area (Å²) in [6.45, 7) is 4.42. The Bertz CT molecular complexity index is 804. The number of ether oxygens (including phenoxy) is 2.